The van der Waals surface area contributed by atoms with Gasteiger partial charge in [0.1, 0.15) is 0 Å². The van der Waals surface area contributed by atoms with E-state index in [4.69, 9.17) is 0 Å². The molecule has 8 heteroatoms. The van der Waals surface area contributed by atoms with E-state index in [1.807, 2.05) is 0 Å². The quantitative estimate of drug-likeness (QED) is 0.160. The molecule has 0 bridgehead atoms. The molecular weight excluding hydrogens is 443 g/mol. The Labute approximate surface area is 229 Å². The molecule has 0 aromatic heterocycles. The second kappa shape index (κ2) is 20.5. The summed E-state index contributed by atoms with van der Waals surface area (Å²) < 4.78 is 0. The number of unbranched alkanes of at least 4 members (excludes halogenated alkanes) is 10. The Morgan fingerprint density at radius 2 is 1.56 bits per heavy atom. The van der Waals surface area contributed by atoms with Crippen molar-refractivity contribution in [1.82, 2.24) is 4.90 Å². The van der Waals surface area contributed by atoms with Crippen LogP contribution >= 0.6 is 0 Å². The Morgan fingerprint density at radius 3 is 2.06 bits per heavy atom. The number of aliphatic imine (C=N–C) groups is 1. The maximum absolute atomic E-state index is 13.0. The predicted octanol–water partition coefficient (Wildman–Crippen LogP) is 4.12. The van der Waals surface area contributed by atoms with Crippen molar-refractivity contribution in [1.29, 1.82) is 0 Å². The summed E-state index contributed by atoms with van der Waals surface area (Å²) in [6, 6.07) is 0. The zero-order valence-corrected chi connectivity index (χ0v) is 21.1. The average Bonchev–Trinajstić information content (AvgIpc) is 3.31. The van der Waals surface area contributed by atoms with Crippen molar-refractivity contribution < 1.29 is 25.3 Å². The van der Waals surface area contributed by atoms with E-state index in [-0.39, 0.29) is 35.0 Å². The number of rotatable bonds is 19. The number of ketones is 1. The topological polar surface area (TPSA) is 122 Å². The Hall–Kier alpha value is -0.730. The van der Waals surface area contributed by atoms with Gasteiger partial charge in [0.2, 0.25) is 0 Å². The number of carboxylic acids is 1. The Bertz CT molecular complexity index is 610. The van der Waals surface area contributed by atoms with Crippen molar-refractivity contribution in [2.75, 3.05) is 13.1 Å². The van der Waals surface area contributed by atoms with Crippen LogP contribution in [-0.4, -0.2) is 87.1 Å². The first-order valence-electron chi connectivity index (χ1n) is 12.7. The molecule has 3 atom stereocenters. The first-order chi connectivity index (χ1) is 15.3. The van der Waals surface area contributed by atoms with Crippen molar-refractivity contribution in [2.24, 2.45) is 16.8 Å². The van der Waals surface area contributed by atoms with Gasteiger partial charge >= 0.3 is 35.5 Å². The molecule has 0 amide bonds. The van der Waals surface area contributed by atoms with Crippen molar-refractivity contribution in [3.63, 3.8) is 0 Å². The van der Waals surface area contributed by atoms with Gasteiger partial charge in [0, 0.05) is 12.5 Å². The van der Waals surface area contributed by atoms with Gasteiger partial charge in [-0.25, -0.2) is 0 Å². The van der Waals surface area contributed by atoms with Crippen molar-refractivity contribution >= 4 is 47.6 Å². The van der Waals surface area contributed by atoms with E-state index in [0.717, 1.165) is 32.1 Å². The molecule has 1 aliphatic heterocycles. The summed E-state index contributed by atoms with van der Waals surface area (Å²) in [5, 5.41) is 20.2. The second-order valence-electron chi connectivity index (χ2n) is 9.35. The third-order valence-electron chi connectivity index (χ3n) is 6.57. The summed E-state index contributed by atoms with van der Waals surface area (Å²) >= 11 is 0. The molecule has 34 heavy (non-hydrogen) atoms. The van der Waals surface area contributed by atoms with Crippen LogP contribution in [0, 0.1) is 11.8 Å². The molecule has 0 saturated carbocycles. The number of hydrogen-bond acceptors (Lipinski definition) is 5. The molecule has 0 saturated heterocycles. The predicted molar refractivity (Wildman–Crippen MR) is 142 cm³/mol. The zero-order chi connectivity index (χ0) is 23.8. The standard InChI is InChI=1S/C26H46N2O4.Na.H2O.H/c1-4-5-6-7-8-9-10-11-12-13-14-15-16-17-18-23(22(2)25(30)31)24(29)26(3,32)28-20-19-27-21-28;;;/h11-12,21-23,32H,4-10,13-20H2,1-3H3,(H,30,31);;1H2;. The van der Waals surface area contributed by atoms with Crippen LogP contribution in [0.25, 0.3) is 0 Å². The van der Waals surface area contributed by atoms with Gasteiger partial charge in [0.05, 0.1) is 18.8 Å². The van der Waals surface area contributed by atoms with Crippen LogP contribution in [0.3, 0.4) is 0 Å². The molecule has 4 N–H and O–H groups in total. The number of aliphatic carboxylic acids is 1. The third kappa shape index (κ3) is 13.4. The molecule has 7 nitrogen and oxygen atoms in total. The third-order valence-corrected chi connectivity index (χ3v) is 6.57. The molecule has 0 aromatic rings. The van der Waals surface area contributed by atoms with Crippen LogP contribution in [0.5, 0.6) is 0 Å². The number of Topliss-reactive ketones (excluding diaryl/α,β-unsaturated/α-hetero) is 1. The fourth-order valence-electron chi connectivity index (χ4n) is 4.24. The summed E-state index contributed by atoms with van der Waals surface area (Å²) in [4.78, 5) is 30.2. The molecule has 0 aliphatic carbocycles. The first-order valence-corrected chi connectivity index (χ1v) is 12.7. The Morgan fingerprint density at radius 1 is 1.03 bits per heavy atom. The Balaban J connectivity index is 0. The van der Waals surface area contributed by atoms with Crippen LogP contribution in [0.15, 0.2) is 17.1 Å². The molecule has 0 spiro atoms. The number of allylic oxidation sites excluding steroid dienone is 2. The van der Waals surface area contributed by atoms with Crippen molar-refractivity contribution in [3.05, 3.63) is 12.2 Å². The molecule has 1 aliphatic rings. The van der Waals surface area contributed by atoms with Gasteiger partial charge in [0.25, 0.3) is 0 Å². The van der Waals surface area contributed by atoms with E-state index in [1.165, 1.54) is 63.1 Å². The van der Waals surface area contributed by atoms with E-state index in [2.05, 4.69) is 24.1 Å². The van der Waals surface area contributed by atoms with Crippen LogP contribution in [0.4, 0.5) is 0 Å². The number of carbonyl (C=O) groups excluding carboxylic acids is 1. The fourth-order valence-corrected chi connectivity index (χ4v) is 4.24. The summed E-state index contributed by atoms with van der Waals surface area (Å²) in [6.07, 6.45) is 20.7. The van der Waals surface area contributed by atoms with Gasteiger partial charge in [-0.2, -0.15) is 0 Å². The molecular formula is C26H49N2NaO5. The van der Waals surface area contributed by atoms with Crippen molar-refractivity contribution in [3.8, 4) is 0 Å². The molecule has 0 radical (unpaired) electrons. The van der Waals surface area contributed by atoms with Gasteiger partial charge < -0.3 is 20.6 Å². The van der Waals surface area contributed by atoms with E-state index in [0.29, 0.717) is 19.5 Å². The average molecular weight is 493 g/mol. The summed E-state index contributed by atoms with van der Waals surface area (Å²) in [5.41, 5.74) is -1.71. The second-order valence-corrected chi connectivity index (χ2v) is 9.35. The van der Waals surface area contributed by atoms with Crippen LogP contribution in [-0.2, 0) is 9.59 Å². The van der Waals surface area contributed by atoms with Crippen molar-refractivity contribution in [2.45, 2.75) is 110 Å². The molecule has 194 valence electrons. The number of hydrogen-bond donors (Lipinski definition) is 2. The van der Waals surface area contributed by atoms with E-state index < -0.39 is 29.3 Å². The molecule has 0 fully saturated rings. The van der Waals surface area contributed by atoms with Crippen LogP contribution in [0.2, 0.25) is 0 Å². The van der Waals surface area contributed by atoms with Crippen LogP contribution < -0.4 is 0 Å². The normalized spacial score (nSPS) is 16.5. The minimum absolute atomic E-state index is 0. The van der Waals surface area contributed by atoms with E-state index in [1.54, 1.807) is 6.92 Å². The van der Waals surface area contributed by atoms with Gasteiger partial charge in [-0.3, -0.25) is 14.6 Å². The Kier molecular flexibility index (Phi) is 21.3. The number of aliphatic hydroxyl groups is 1. The summed E-state index contributed by atoms with van der Waals surface area (Å²) in [5.74, 6) is -2.93. The maximum atomic E-state index is 13.0. The van der Waals surface area contributed by atoms with Crippen LogP contribution in [0.1, 0.15) is 104 Å². The minimum atomic E-state index is -1.71. The SMILES string of the molecule is CCCCCCCCC=CCCCCCCC(C(=O)C(C)(O)N1C=NCC1)C(C)C(=O)O.O.[NaH]. The van der Waals surface area contributed by atoms with Gasteiger partial charge in [0.15, 0.2) is 11.5 Å². The van der Waals surface area contributed by atoms with E-state index >= 15 is 0 Å². The fraction of sp³-hybridized carbons (Fsp3) is 0.808. The molecule has 0 aromatic carbocycles. The number of nitrogens with zero attached hydrogens (tertiary/aromatic N) is 2. The summed E-state index contributed by atoms with van der Waals surface area (Å²) in [6.45, 7) is 6.27. The number of carbonyl (C=O) groups is 2. The molecule has 1 heterocycles. The first kappa shape index (κ1) is 35.4. The van der Waals surface area contributed by atoms with Gasteiger partial charge in [-0.1, -0.05) is 77.4 Å². The monoisotopic (exact) mass is 492 g/mol. The summed E-state index contributed by atoms with van der Waals surface area (Å²) in [7, 11) is 0. The molecule has 3 unspecified atom stereocenters. The van der Waals surface area contributed by atoms with Gasteiger partial charge in [-0.15, -0.1) is 0 Å². The molecule has 1 rings (SSSR count). The van der Waals surface area contributed by atoms with Gasteiger partial charge in [-0.05, 0) is 39.0 Å². The number of carboxylic acid groups (broad SMARTS) is 1. The van der Waals surface area contributed by atoms with E-state index in [9.17, 15) is 19.8 Å². The zero-order valence-electron chi connectivity index (χ0n) is 21.1.